The molecule has 2 aliphatic rings. The first-order chi connectivity index (χ1) is 20.4. The fourth-order valence-electron chi connectivity index (χ4n) is 6.71. The minimum Gasteiger partial charge on any atom is -0.383 e. The van der Waals surface area contributed by atoms with E-state index in [1.54, 1.807) is 12.4 Å². The van der Waals surface area contributed by atoms with Crippen LogP contribution in [0.25, 0.3) is 33.1 Å². The average molecular weight is 566 g/mol. The second kappa shape index (κ2) is 10.9. The second-order valence-corrected chi connectivity index (χ2v) is 11.7. The summed E-state index contributed by atoms with van der Waals surface area (Å²) in [6, 6.07) is 14.5. The number of anilines is 3. The standard InChI is InChI=1S/C32H36FN9/c1-20-4-3-5-26-27(20)29(33)39-32(38-26)37-22-8-6-21(7-9-22)25-18-42(31-28(25)30(34)35-19-36-31)24-12-10-23(11-13-24)41-16-14-40(2)15-17-41/h3-9,18-19,23-24H,10-17H2,1-2H3,(H2,34,35,36)(H,37,38,39)/t23-,24-. The Hall–Kier alpha value is -4.15. The van der Waals surface area contributed by atoms with Crippen LogP contribution in [0.5, 0.6) is 0 Å². The maximum atomic E-state index is 14.7. The lowest BCUT2D eigenvalue weighted by atomic mass is 9.89. The summed E-state index contributed by atoms with van der Waals surface area (Å²) in [5, 5.41) is 4.48. The molecule has 0 bridgehead atoms. The van der Waals surface area contributed by atoms with Gasteiger partial charge in [-0.25, -0.2) is 15.0 Å². The van der Waals surface area contributed by atoms with Crippen molar-refractivity contribution < 1.29 is 4.39 Å². The zero-order valence-electron chi connectivity index (χ0n) is 24.1. The van der Waals surface area contributed by atoms with Crippen LogP contribution in [0.2, 0.25) is 0 Å². The van der Waals surface area contributed by atoms with Crippen LogP contribution in [0.3, 0.4) is 0 Å². The van der Waals surface area contributed by atoms with Crippen molar-refractivity contribution in [3.63, 3.8) is 0 Å². The van der Waals surface area contributed by atoms with Gasteiger partial charge in [0, 0.05) is 55.7 Å². The Morgan fingerprint density at radius 2 is 1.62 bits per heavy atom. The molecule has 0 radical (unpaired) electrons. The molecule has 1 saturated heterocycles. The van der Waals surface area contributed by atoms with Crippen LogP contribution in [-0.2, 0) is 0 Å². The van der Waals surface area contributed by atoms with Crippen LogP contribution in [0.1, 0.15) is 37.3 Å². The van der Waals surface area contributed by atoms with Gasteiger partial charge in [0.1, 0.15) is 17.8 Å². The number of fused-ring (bicyclic) bond motifs is 2. The number of nitrogens with one attached hydrogen (secondary N) is 1. The number of halogens is 1. The normalized spacial score (nSPS) is 20.4. The van der Waals surface area contributed by atoms with Crippen LogP contribution in [0.4, 0.5) is 21.8 Å². The highest BCUT2D eigenvalue weighted by molar-refractivity contribution is 6.00. The molecule has 0 amide bonds. The molecular formula is C32H36FN9. The molecule has 3 N–H and O–H groups in total. The summed E-state index contributed by atoms with van der Waals surface area (Å²) in [6.07, 6.45) is 8.39. The van der Waals surface area contributed by atoms with E-state index in [-0.39, 0.29) is 5.95 Å². The van der Waals surface area contributed by atoms with Crippen molar-refractivity contribution in [1.82, 2.24) is 34.3 Å². The number of piperazine rings is 1. The maximum Gasteiger partial charge on any atom is 0.230 e. The van der Waals surface area contributed by atoms with E-state index in [1.807, 2.05) is 43.3 Å². The van der Waals surface area contributed by atoms with Gasteiger partial charge in [-0.2, -0.15) is 9.37 Å². The topological polar surface area (TPSA) is 101 Å². The van der Waals surface area contributed by atoms with Crippen molar-refractivity contribution in [2.45, 2.75) is 44.7 Å². The Kier molecular flexibility index (Phi) is 6.95. The molecule has 9 nitrogen and oxygen atoms in total. The first-order valence-electron chi connectivity index (χ1n) is 14.8. The lowest BCUT2D eigenvalue weighted by molar-refractivity contribution is 0.0828. The molecule has 1 aliphatic heterocycles. The Labute approximate surface area is 244 Å². The van der Waals surface area contributed by atoms with Crippen LogP contribution in [0.15, 0.2) is 55.0 Å². The molecule has 216 valence electrons. The van der Waals surface area contributed by atoms with Crippen LogP contribution >= 0.6 is 0 Å². The molecule has 4 heterocycles. The first-order valence-corrected chi connectivity index (χ1v) is 14.8. The zero-order chi connectivity index (χ0) is 28.8. The Balaban J connectivity index is 1.13. The number of hydrogen-bond acceptors (Lipinski definition) is 8. The largest absolute Gasteiger partial charge is 0.383 e. The van der Waals surface area contributed by atoms with E-state index in [2.05, 4.69) is 52.9 Å². The molecule has 2 fully saturated rings. The van der Waals surface area contributed by atoms with E-state index in [0.717, 1.165) is 59.3 Å². The highest BCUT2D eigenvalue weighted by Gasteiger charge is 2.30. The molecule has 0 unspecified atom stereocenters. The van der Waals surface area contributed by atoms with Crippen molar-refractivity contribution in [2.24, 2.45) is 0 Å². The van der Waals surface area contributed by atoms with Gasteiger partial charge in [0.05, 0.1) is 16.3 Å². The summed E-state index contributed by atoms with van der Waals surface area (Å²) < 4.78 is 17.1. The quantitative estimate of drug-likeness (QED) is 0.268. The van der Waals surface area contributed by atoms with E-state index >= 15 is 0 Å². The number of nitrogen functional groups attached to an aromatic ring is 1. The fourth-order valence-corrected chi connectivity index (χ4v) is 6.71. The van der Waals surface area contributed by atoms with E-state index in [1.165, 1.54) is 25.9 Å². The first kappa shape index (κ1) is 26.7. The highest BCUT2D eigenvalue weighted by atomic mass is 19.1. The maximum absolute atomic E-state index is 14.7. The van der Waals surface area contributed by atoms with Gasteiger partial charge >= 0.3 is 0 Å². The third-order valence-corrected chi connectivity index (χ3v) is 9.09. The molecule has 0 atom stereocenters. The van der Waals surface area contributed by atoms with Gasteiger partial charge in [-0.1, -0.05) is 24.3 Å². The van der Waals surface area contributed by atoms with E-state index in [0.29, 0.717) is 28.8 Å². The lowest BCUT2D eigenvalue weighted by Gasteiger charge is -2.41. The van der Waals surface area contributed by atoms with Gasteiger partial charge in [0.2, 0.25) is 11.9 Å². The van der Waals surface area contributed by atoms with Crippen molar-refractivity contribution in [3.05, 3.63) is 66.5 Å². The summed E-state index contributed by atoms with van der Waals surface area (Å²) in [6.45, 7) is 6.50. The van der Waals surface area contributed by atoms with Gasteiger partial charge in [0.15, 0.2) is 0 Å². The van der Waals surface area contributed by atoms with Crippen LogP contribution in [-0.4, -0.2) is 73.6 Å². The number of aromatic nitrogens is 5. The zero-order valence-corrected chi connectivity index (χ0v) is 24.1. The summed E-state index contributed by atoms with van der Waals surface area (Å²) in [7, 11) is 2.21. The van der Waals surface area contributed by atoms with Crippen molar-refractivity contribution in [2.75, 3.05) is 44.3 Å². The minimum atomic E-state index is -0.530. The molecule has 7 rings (SSSR count). The van der Waals surface area contributed by atoms with E-state index in [9.17, 15) is 4.39 Å². The van der Waals surface area contributed by atoms with Crippen molar-refractivity contribution in [1.29, 1.82) is 0 Å². The summed E-state index contributed by atoms with van der Waals surface area (Å²) >= 11 is 0. The smallest absolute Gasteiger partial charge is 0.230 e. The Morgan fingerprint density at radius 1 is 0.881 bits per heavy atom. The number of likely N-dealkylation sites (N-methyl/N-ethyl adjacent to an activating group) is 1. The SMILES string of the molecule is Cc1cccc2nc(Nc3ccc(-c4cn([C@H]5CC[C@H](N6CCN(C)CC6)CC5)c5ncnc(N)c45)cc3)nc(F)c12. The van der Waals surface area contributed by atoms with Crippen molar-refractivity contribution in [3.8, 4) is 11.1 Å². The van der Waals surface area contributed by atoms with Gasteiger partial charge in [-0.05, 0) is 69.0 Å². The summed E-state index contributed by atoms with van der Waals surface area (Å²) in [5.41, 5.74) is 11.5. The summed E-state index contributed by atoms with van der Waals surface area (Å²) in [4.78, 5) is 22.7. The van der Waals surface area contributed by atoms with Crippen molar-refractivity contribution >= 4 is 39.4 Å². The van der Waals surface area contributed by atoms with E-state index in [4.69, 9.17) is 5.73 Å². The van der Waals surface area contributed by atoms with Gasteiger partial charge in [-0.3, -0.25) is 4.90 Å². The van der Waals surface area contributed by atoms with Gasteiger partial charge in [0.25, 0.3) is 0 Å². The molecule has 3 aromatic heterocycles. The number of aryl methyl sites for hydroxylation is 1. The third-order valence-electron chi connectivity index (χ3n) is 9.09. The molecular weight excluding hydrogens is 529 g/mol. The van der Waals surface area contributed by atoms with Gasteiger partial charge in [-0.15, -0.1) is 0 Å². The number of nitrogens with zero attached hydrogens (tertiary/aromatic N) is 7. The van der Waals surface area contributed by atoms with Crippen LogP contribution in [0, 0.1) is 12.9 Å². The number of benzene rings is 2. The van der Waals surface area contributed by atoms with E-state index < -0.39 is 5.95 Å². The highest BCUT2D eigenvalue weighted by Crippen LogP contribution is 2.39. The predicted molar refractivity (Wildman–Crippen MR) is 165 cm³/mol. The Bertz CT molecular complexity index is 1730. The average Bonchev–Trinajstić information content (AvgIpc) is 3.39. The summed E-state index contributed by atoms with van der Waals surface area (Å²) in [5.74, 6) is 0.176. The monoisotopic (exact) mass is 565 g/mol. The molecule has 1 aliphatic carbocycles. The fraction of sp³-hybridized carbons (Fsp3) is 0.375. The van der Waals surface area contributed by atoms with Gasteiger partial charge < -0.3 is 20.5 Å². The predicted octanol–water partition coefficient (Wildman–Crippen LogP) is 5.55. The molecule has 0 spiro atoms. The number of rotatable bonds is 5. The second-order valence-electron chi connectivity index (χ2n) is 11.7. The van der Waals surface area contributed by atoms with Crippen LogP contribution < -0.4 is 11.1 Å². The molecule has 1 saturated carbocycles. The molecule has 5 aromatic rings. The Morgan fingerprint density at radius 3 is 2.38 bits per heavy atom. The molecule has 42 heavy (non-hydrogen) atoms. The third kappa shape index (κ3) is 4.94. The number of nitrogens with two attached hydrogens (primary N) is 1. The lowest BCUT2D eigenvalue weighted by Crippen LogP contribution is -2.49. The number of hydrogen-bond donors (Lipinski definition) is 2. The molecule has 10 heteroatoms. The molecule has 2 aromatic carbocycles. The minimum absolute atomic E-state index is 0.222.